The molecule has 0 bridgehead atoms. The van der Waals surface area contributed by atoms with Gasteiger partial charge in [0.2, 0.25) is 0 Å². The molecule has 0 aliphatic rings. The molecule has 0 saturated carbocycles. The first-order valence-electron chi connectivity index (χ1n) is 11.4. The Hall–Kier alpha value is -0.790. The normalized spacial score (nSPS) is 11.3. The van der Waals surface area contributed by atoms with E-state index in [9.17, 15) is 0 Å². The van der Waals surface area contributed by atoms with Gasteiger partial charge in [-0.25, -0.2) is 9.13 Å². The molecule has 0 radical (unpaired) electrons. The van der Waals surface area contributed by atoms with Crippen LogP contribution in [0.25, 0.3) is 0 Å². The van der Waals surface area contributed by atoms with Gasteiger partial charge in [0.1, 0.15) is 12.4 Å². The van der Waals surface area contributed by atoms with Crippen LogP contribution in [0.1, 0.15) is 116 Å². The maximum Gasteiger partial charge on any atom is 0.256 e. The van der Waals surface area contributed by atoms with Gasteiger partial charge in [-0.2, -0.15) is 0 Å². The maximum atomic E-state index is 2.55. The minimum Gasteiger partial charge on any atom is -0.234 e. The first kappa shape index (κ1) is 22.3. The van der Waals surface area contributed by atoms with Crippen molar-refractivity contribution in [2.45, 2.75) is 130 Å². The summed E-state index contributed by atoms with van der Waals surface area (Å²) < 4.78 is 5.09. The van der Waals surface area contributed by atoms with Gasteiger partial charge in [-0.15, -0.1) is 0 Å². The van der Waals surface area contributed by atoms with Crippen molar-refractivity contribution in [3.8, 4) is 0 Å². The van der Waals surface area contributed by atoms with E-state index < -0.39 is 0 Å². The van der Waals surface area contributed by atoms with E-state index in [0.717, 1.165) is 0 Å². The van der Waals surface area contributed by atoms with Crippen LogP contribution in [0.15, 0.2) is 12.4 Å². The molecule has 146 valence electrons. The molecule has 2 heteroatoms. The van der Waals surface area contributed by atoms with Gasteiger partial charge in [0.05, 0.1) is 13.1 Å². The summed E-state index contributed by atoms with van der Waals surface area (Å²) in [4.78, 5) is 0. The van der Waals surface area contributed by atoms with Crippen molar-refractivity contribution >= 4 is 0 Å². The fourth-order valence-corrected chi connectivity index (χ4v) is 3.67. The molecule has 0 N–H and O–H groups in total. The number of hydrogen-bond acceptors (Lipinski definition) is 0. The lowest BCUT2D eigenvalue weighted by molar-refractivity contribution is -0.704. The van der Waals surface area contributed by atoms with Gasteiger partial charge in [-0.1, -0.05) is 78.6 Å². The summed E-state index contributed by atoms with van der Waals surface area (Å²) in [5, 5.41) is 0. The van der Waals surface area contributed by atoms with E-state index in [1.165, 1.54) is 109 Å². The molecular weight excluding hydrogens is 304 g/mol. The lowest BCUT2D eigenvalue weighted by Crippen LogP contribution is -2.37. The number of imidazole rings is 1. The summed E-state index contributed by atoms with van der Waals surface area (Å²) in [5.41, 5.74) is 0. The number of rotatable bonds is 17. The highest BCUT2D eigenvalue weighted by atomic mass is 15.1. The Morgan fingerprint density at radius 2 is 1.24 bits per heavy atom. The van der Waals surface area contributed by atoms with Crippen molar-refractivity contribution in [1.29, 1.82) is 0 Å². The lowest BCUT2D eigenvalue weighted by atomic mass is 10.1. The van der Waals surface area contributed by atoms with E-state index in [0.29, 0.717) is 0 Å². The first-order valence-corrected chi connectivity index (χ1v) is 11.4. The van der Waals surface area contributed by atoms with Gasteiger partial charge in [0, 0.05) is 6.42 Å². The van der Waals surface area contributed by atoms with Crippen LogP contribution in [0.4, 0.5) is 0 Å². The summed E-state index contributed by atoms with van der Waals surface area (Å²) in [7, 11) is 0. The molecule has 2 nitrogen and oxygen atoms in total. The van der Waals surface area contributed by atoms with Gasteiger partial charge in [-0.05, 0) is 32.1 Å². The highest BCUT2D eigenvalue weighted by Gasteiger charge is 2.16. The van der Waals surface area contributed by atoms with Crippen LogP contribution in [-0.4, -0.2) is 4.57 Å². The third-order valence-electron chi connectivity index (χ3n) is 5.35. The Kier molecular flexibility index (Phi) is 13.8. The van der Waals surface area contributed by atoms with E-state index in [-0.39, 0.29) is 0 Å². The Bertz CT molecular complexity index is 408. The van der Waals surface area contributed by atoms with E-state index in [4.69, 9.17) is 0 Å². The Balaban J connectivity index is 2.37. The fourth-order valence-electron chi connectivity index (χ4n) is 3.67. The van der Waals surface area contributed by atoms with Crippen LogP contribution in [0, 0.1) is 0 Å². The molecule has 0 atom stereocenters. The number of nitrogens with zero attached hydrogens (tertiary/aromatic N) is 2. The summed E-state index contributed by atoms with van der Waals surface area (Å²) in [6.45, 7) is 9.32. The van der Waals surface area contributed by atoms with Crippen molar-refractivity contribution < 1.29 is 4.57 Å². The molecule has 0 fully saturated rings. The Labute approximate surface area is 158 Å². The van der Waals surface area contributed by atoms with Gasteiger partial charge >= 0.3 is 0 Å². The lowest BCUT2D eigenvalue weighted by Gasteiger charge is -2.06. The van der Waals surface area contributed by atoms with Crippen molar-refractivity contribution in [2.24, 2.45) is 0 Å². The second kappa shape index (κ2) is 15.5. The third kappa shape index (κ3) is 10.1. The zero-order valence-electron chi connectivity index (χ0n) is 17.6. The molecule has 1 heterocycles. The van der Waals surface area contributed by atoms with E-state index >= 15 is 0 Å². The Morgan fingerprint density at radius 1 is 0.680 bits per heavy atom. The summed E-state index contributed by atoms with van der Waals surface area (Å²) in [5.74, 6) is 1.58. The standard InChI is InChI=1S/C23H45N2/c1-4-7-10-11-12-13-14-17-20-25-22-21-24(19-16-9-6-3)23(25)18-15-8-5-2/h21-22H,4-20H2,1-3H3/q+1. The first-order chi connectivity index (χ1) is 12.3. The van der Waals surface area contributed by atoms with Crippen LogP contribution in [0.5, 0.6) is 0 Å². The van der Waals surface area contributed by atoms with E-state index in [1.807, 2.05) is 0 Å². The minimum absolute atomic E-state index is 1.21. The summed E-state index contributed by atoms with van der Waals surface area (Å²) in [6, 6.07) is 0. The molecule has 1 rings (SSSR count). The number of aromatic nitrogens is 2. The smallest absolute Gasteiger partial charge is 0.234 e. The summed E-state index contributed by atoms with van der Waals surface area (Å²) in [6.07, 6.45) is 25.2. The molecule has 0 amide bonds. The molecule has 0 aliphatic carbocycles. The van der Waals surface area contributed by atoms with Gasteiger partial charge < -0.3 is 0 Å². The largest absolute Gasteiger partial charge is 0.256 e. The van der Waals surface area contributed by atoms with Gasteiger partial charge in [0.25, 0.3) is 5.82 Å². The van der Waals surface area contributed by atoms with E-state index in [1.54, 1.807) is 5.82 Å². The topological polar surface area (TPSA) is 8.81 Å². The monoisotopic (exact) mass is 349 g/mol. The van der Waals surface area contributed by atoms with Crippen LogP contribution >= 0.6 is 0 Å². The van der Waals surface area contributed by atoms with Gasteiger partial charge in [0.15, 0.2) is 0 Å². The SMILES string of the molecule is CCCCCCCCCCn1cc[n+](CCCCC)c1CCCCC. The van der Waals surface area contributed by atoms with Crippen LogP contribution < -0.4 is 4.57 Å². The maximum absolute atomic E-state index is 2.55. The van der Waals surface area contributed by atoms with Gasteiger partial charge in [-0.3, -0.25) is 0 Å². The highest BCUT2D eigenvalue weighted by Crippen LogP contribution is 2.11. The third-order valence-corrected chi connectivity index (χ3v) is 5.35. The zero-order chi connectivity index (χ0) is 18.2. The minimum atomic E-state index is 1.21. The molecule has 25 heavy (non-hydrogen) atoms. The second-order valence-corrected chi connectivity index (χ2v) is 7.74. The van der Waals surface area contributed by atoms with E-state index in [2.05, 4.69) is 42.3 Å². The molecule has 0 spiro atoms. The molecule has 1 aromatic rings. The zero-order valence-corrected chi connectivity index (χ0v) is 17.6. The predicted octanol–water partition coefficient (Wildman–Crippen LogP) is 6.84. The molecular formula is C23H45N2+. The van der Waals surface area contributed by atoms with Crippen molar-refractivity contribution in [3.05, 3.63) is 18.2 Å². The quantitative estimate of drug-likeness (QED) is 0.215. The van der Waals surface area contributed by atoms with Crippen LogP contribution in [-0.2, 0) is 19.5 Å². The molecule has 0 unspecified atom stereocenters. The number of aryl methyl sites for hydroxylation is 2. The molecule has 0 aliphatic heterocycles. The van der Waals surface area contributed by atoms with Crippen LogP contribution in [0.3, 0.4) is 0 Å². The van der Waals surface area contributed by atoms with Crippen molar-refractivity contribution in [3.63, 3.8) is 0 Å². The predicted molar refractivity (Wildman–Crippen MR) is 110 cm³/mol. The second-order valence-electron chi connectivity index (χ2n) is 7.74. The molecule has 0 saturated heterocycles. The summed E-state index contributed by atoms with van der Waals surface area (Å²) >= 11 is 0. The average molecular weight is 350 g/mol. The average Bonchev–Trinajstić information content (AvgIpc) is 3.00. The Morgan fingerprint density at radius 3 is 1.92 bits per heavy atom. The molecule has 0 aromatic carbocycles. The fraction of sp³-hybridized carbons (Fsp3) is 0.870. The number of unbranched alkanes of at least 4 members (excludes halogenated alkanes) is 11. The number of hydrogen-bond donors (Lipinski definition) is 0. The van der Waals surface area contributed by atoms with Crippen molar-refractivity contribution in [2.75, 3.05) is 0 Å². The highest BCUT2D eigenvalue weighted by molar-refractivity contribution is 4.84. The van der Waals surface area contributed by atoms with Crippen molar-refractivity contribution in [1.82, 2.24) is 4.57 Å². The molecule has 1 aromatic heterocycles. The van der Waals surface area contributed by atoms with Crippen LogP contribution in [0.2, 0.25) is 0 Å².